The van der Waals surface area contributed by atoms with Crippen LogP contribution in [0.3, 0.4) is 0 Å². The molecule has 12 amide bonds. The smallest absolute Gasteiger partial charge is 0.385 e. The molecule has 101 heavy (non-hydrogen) atoms. The van der Waals surface area contributed by atoms with E-state index >= 15 is 24.0 Å². The van der Waals surface area contributed by atoms with Gasteiger partial charge in [0.25, 0.3) is 0 Å². The average Bonchev–Trinajstić information content (AvgIpc) is 1.58. The van der Waals surface area contributed by atoms with Crippen LogP contribution in [0.4, 0.5) is 13.2 Å². The SMILES string of the molecule is CC[C@H](C)[C@@H]1NC(=O)[C@H](CC(C)C)N(C)C(=O)C[C@@H](C(=O)N2CCCCC2)N(C)C(=O)[C@H](CCOC)N(C)C(=O)C2(CCCC2)NC(=O)[C@@H]2CCCN2C(=O)[C@H](CCc2ccc(C(F)(F)F)c(Cl)c2)NC(=O)CN(C)C(=O)[C@H](CC2CCCCC2)N(C)C(=O)[C@@H]2CCN2C(=O)[C@H](C)N(C)C1=O. The molecule has 0 bridgehead atoms. The Hall–Kier alpha value is -7.10. The number of alkyl halides is 3. The quantitative estimate of drug-likeness (QED) is 0.223. The number of nitrogens with one attached hydrogen (secondary N) is 3. The lowest BCUT2D eigenvalue weighted by Gasteiger charge is -2.45. The van der Waals surface area contributed by atoms with Gasteiger partial charge in [-0.25, -0.2) is 0 Å². The zero-order valence-corrected chi connectivity index (χ0v) is 62.1. The van der Waals surface area contributed by atoms with Crippen LogP contribution in [0, 0.1) is 17.8 Å². The zero-order valence-electron chi connectivity index (χ0n) is 61.3. The highest BCUT2D eigenvalue weighted by atomic mass is 35.5. The number of fused-ring (bicyclic) bond motifs is 2. The predicted octanol–water partition coefficient (Wildman–Crippen LogP) is 5.41. The zero-order chi connectivity index (χ0) is 74.5. The highest BCUT2D eigenvalue weighted by Gasteiger charge is 2.51. The number of hydrogen-bond acceptors (Lipinski definition) is 13. The van der Waals surface area contributed by atoms with E-state index in [1.807, 2.05) is 20.8 Å². The summed E-state index contributed by atoms with van der Waals surface area (Å²) < 4.78 is 47.1. The number of likely N-dealkylation sites (tertiary alicyclic amines) is 1. The van der Waals surface area contributed by atoms with E-state index in [4.69, 9.17) is 16.3 Å². The molecule has 4 aliphatic heterocycles. The standard InChI is InChI=1S/C72H110ClF3N12O13/c1-13-45(4)60-69(99)81(7)46(5)63(93)88-37-30-54(88)67(97)83(9)56(41-47-23-16-14-17-24-47)65(95)80(6)43-58(89)77-51(29-27-48-26-28-49(50(73)40-48)72(74,75)76)64(94)87-36-22-25-52(87)62(92)79-71(32-18-19-33-71)70(100)85(11)53(31-38-101-12)66(96)84(10)57(68(98)86-34-20-15-21-35-86)42-59(90)82(8)55(39-44(2)3)61(91)78-60/h26,28,40,44-47,51-57,60H,13-25,27,29-39,41-43H2,1-12H3,(H,77,89)(H,78,91)(H,79,92)/t45-,46-,51-,52-,53-,54-,55-,56-,57-,60-/m0/s1. The molecule has 6 aliphatic rings. The Labute approximate surface area is 598 Å². The normalized spacial score (nSPS) is 27.6. The summed E-state index contributed by atoms with van der Waals surface area (Å²) in [5, 5.41) is 8.13. The van der Waals surface area contributed by atoms with E-state index in [0.717, 1.165) is 60.5 Å². The Morgan fingerprint density at radius 2 is 1.30 bits per heavy atom. The second-order valence-electron chi connectivity index (χ2n) is 29.6. The van der Waals surface area contributed by atoms with E-state index in [1.54, 1.807) is 11.8 Å². The number of carbonyl (C=O) groups excluding carboxylic acids is 12. The molecule has 29 heteroatoms. The summed E-state index contributed by atoms with van der Waals surface area (Å²) in [7, 11) is 9.95. The number of nitrogens with zero attached hydrogens (tertiary/aromatic N) is 9. The van der Waals surface area contributed by atoms with Crippen LogP contribution in [-0.4, -0.2) is 264 Å². The summed E-state index contributed by atoms with van der Waals surface area (Å²) in [6.07, 6.45) is 3.47. The summed E-state index contributed by atoms with van der Waals surface area (Å²) in [6.45, 7) is 9.05. The number of hydrogen-bond donors (Lipinski definition) is 3. The molecule has 0 aromatic heterocycles. The highest BCUT2D eigenvalue weighted by Crippen LogP contribution is 2.37. The number of benzene rings is 1. The lowest BCUT2D eigenvalue weighted by atomic mass is 9.84. The molecule has 6 fully saturated rings. The number of aryl methyl sites for hydroxylation is 1. The van der Waals surface area contributed by atoms with Gasteiger partial charge in [0.05, 0.1) is 23.6 Å². The number of likely N-dealkylation sites (N-methyl/N-ethyl adjacent to an activating group) is 6. The molecular formula is C72H110ClF3N12O13. The van der Waals surface area contributed by atoms with Crippen LogP contribution in [0.5, 0.6) is 0 Å². The molecule has 1 aromatic rings. The second kappa shape index (κ2) is 35.9. The maximum atomic E-state index is 15.5. The van der Waals surface area contributed by atoms with Crippen LogP contribution >= 0.6 is 11.6 Å². The van der Waals surface area contributed by atoms with Gasteiger partial charge in [0.15, 0.2) is 0 Å². The second-order valence-corrected chi connectivity index (χ2v) is 30.0. The first-order chi connectivity index (χ1) is 47.7. The van der Waals surface area contributed by atoms with Crippen molar-refractivity contribution in [3.8, 4) is 0 Å². The Morgan fingerprint density at radius 1 is 0.653 bits per heavy atom. The number of amides is 12. The van der Waals surface area contributed by atoms with E-state index in [2.05, 4.69) is 16.0 Å². The fourth-order valence-electron chi connectivity index (χ4n) is 15.4. The van der Waals surface area contributed by atoms with E-state index in [0.29, 0.717) is 57.2 Å². The third-order valence-electron chi connectivity index (χ3n) is 22.2. The molecule has 4 heterocycles. The molecule has 4 saturated heterocycles. The minimum absolute atomic E-state index is 0.0191. The number of halogens is 4. The molecule has 0 radical (unpaired) electrons. The van der Waals surface area contributed by atoms with Crippen LogP contribution in [0.15, 0.2) is 18.2 Å². The Bertz CT molecular complexity index is 3160. The maximum absolute atomic E-state index is 15.5. The molecule has 1 spiro atoms. The van der Waals surface area contributed by atoms with Gasteiger partial charge in [-0.1, -0.05) is 96.7 Å². The van der Waals surface area contributed by atoms with Crippen LogP contribution in [0.1, 0.15) is 181 Å². The van der Waals surface area contributed by atoms with Gasteiger partial charge in [0.1, 0.15) is 59.9 Å². The molecule has 7 rings (SSSR count). The van der Waals surface area contributed by atoms with E-state index < -0.39 is 166 Å². The van der Waals surface area contributed by atoms with Gasteiger partial charge in [-0.3, -0.25) is 57.5 Å². The van der Waals surface area contributed by atoms with Crippen LogP contribution in [0.25, 0.3) is 0 Å². The summed E-state index contributed by atoms with van der Waals surface area (Å²) in [5.41, 5.74) is -2.39. The first-order valence-corrected chi connectivity index (χ1v) is 36.8. The van der Waals surface area contributed by atoms with Crippen molar-refractivity contribution in [2.24, 2.45) is 17.8 Å². The van der Waals surface area contributed by atoms with Gasteiger partial charge in [-0.2, -0.15) is 13.2 Å². The predicted molar refractivity (Wildman–Crippen MR) is 371 cm³/mol. The minimum Gasteiger partial charge on any atom is -0.385 e. The molecule has 25 nitrogen and oxygen atoms in total. The molecule has 0 unspecified atom stereocenters. The molecule has 2 aliphatic carbocycles. The number of methoxy groups -OCH3 is 1. The van der Waals surface area contributed by atoms with Crippen LogP contribution in [-0.2, 0) is 74.9 Å². The van der Waals surface area contributed by atoms with Crippen molar-refractivity contribution in [1.82, 2.24) is 60.0 Å². The average molecular weight is 1440 g/mol. The van der Waals surface area contributed by atoms with Gasteiger partial charge in [0, 0.05) is 88.6 Å². The number of rotatable bonds is 13. The molecule has 3 N–H and O–H groups in total. The minimum atomic E-state index is -4.76. The Kier molecular flexibility index (Phi) is 28.8. The molecule has 2 saturated carbocycles. The lowest BCUT2D eigenvalue weighted by Crippen LogP contribution is -2.65. The van der Waals surface area contributed by atoms with Gasteiger partial charge in [-0.15, -0.1) is 0 Å². The summed E-state index contributed by atoms with van der Waals surface area (Å²) >= 11 is 6.16. The fraction of sp³-hybridized carbons (Fsp3) is 0.750. The number of carbonyl (C=O) groups is 12. The molecule has 564 valence electrons. The summed E-state index contributed by atoms with van der Waals surface area (Å²) in [5.74, 6) is -8.48. The largest absolute Gasteiger partial charge is 0.417 e. The molecular weight excluding hydrogens is 1330 g/mol. The van der Waals surface area contributed by atoms with Crippen molar-refractivity contribution in [3.05, 3.63) is 34.3 Å². The van der Waals surface area contributed by atoms with Crippen LogP contribution < -0.4 is 16.0 Å². The monoisotopic (exact) mass is 1440 g/mol. The summed E-state index contributed by atoms with van der Waals surface area (Å²) in [4.78, 5) is 192. The van der Waals surface area contributed by atoms with E-state index in [-0.39, 0.29) is 89.3 Å². The number of ether oxygens (including phenoxy) is 1. The van der Waals surface area contributed by atoms with Gasteiger partial charge in [0.2, 0.25) is 70.9 Å². The van der Waals surface area contributed by atoms with Crippen molar-refractivity contribution in [2.75, 3.05) is 88.7 Å². The van der Waals surface area contributed by atoms with Gasteiger partial charge in [-0.05, 0) is 119 Å². The van der Waals surface area contributed by atoms with Crippen LogP contribution in [0.2, 0.25) is 5.02 Å². The van der Waals surface area contributed by atoms with Crippen molar-refractivity contribution in [2.45, 2.75) is 242 Å². The Morgan fingerprint density at radius 3 is 1.89 bits per heavy atom. The van der Waals surface area contributed by atoms with E-state index in [9.17, 15) is 46.7 Å². The van der Waals surface area contributed by atoms with Gasteiger partial charge < -0.3 is 64.8 Å². The van der Waals surface area contributed by atoms with Gasteiger partial charge >= 0.3 is 6.18 Å². The molecule has 10 atom stereocenters. The van der Waals surface area contributed by atoms with Crippen molar-refractivity contribution in [3.63, 3.8) is 0 Å². The van der Waals surface area contributed by atoms with Crippen molar-refractivity contribution < 1.29 is 75.4 Å². The third kappa shape index (κ3) is 19.6. The topological polar surface area (TPSA) is 279 Å². The highest BCUT2D eigenvalue weighted by molar-refractivity contribution is 6.31. The van der Waals surface area contributed by atoms with Crippen molar-refractivity contribution >= 4 is 82.5 Å². The van der Waals surface area contributed by atoms with E-state index in [1.165, 1.54) is 91.8 Å². The Balaban J connectivity index is 1.29. The number of piperidine rings is 1. The maximum Gasteiger partial charge on any atom is 0.417 e. The first-order valence-electron chi connectivity index (χ1n) is 36.4. The summed E-state index contributed by atoms with van der Waals surface area (Å²) in [6, 6.07) is -8.01. The molecule has 1 aromatic carbocycles. The fourth-order valence-corrected chi connectivity index (χ4v) is 15.7. The van der Waals surface area contributed by atoms with Crippen molar-refractivity contribution in [1.29, 1.82) is 0 Å². The lowest BCUT2D eigenvalue weighted by molar-refractivity contribution is -0.160. The third-order valence-corrected chi connectivity index (χ3v) is 22.5. The first kappa shape index (κ1) is 81.2.